The lowest BCUT2D eigenvalue weighted by atomic mass is 9.80. The van der Waals surface area contributed by atoms with Crippen molar-refractivity contribution in [3.05, 3.63) is 0 Å². The fraction of sp³-hybridized carbons (Fsp3) is 0.944. The summed E-state index contributed by atoms with van der Waals surface area (Å²) >= 11 is 0. The minimum absolute atomic E-state index is 0. The molecule has 2 aliphatic heterocycles. The van der Waals surface area contributed by atoms with E-state index in [1.54, 1.807) is 0 Å². The maximum Gasteiger partial charge on any atom is 0.193 e. The van der Waals surface area contributed by atoms with Crippen LogP contribution in [0.5, 0.6) is 0 Å². The predicted octanol–water partition coefficient (Wildman–Crippen LogP) is 2.41. The first-order valence-corrected chi connectivity index (χ1v) is 9.55. The number of hydrogen-bond donors (Lipinski definition) is 1. The molecule has 24 heavy (non-hydrogen) atoms. The number of likely N-dealkylation sites (tertiary alicyclic amines) is 1. The average Bonchev–Trinajstić information content (AvgIpc) is 3.08. The SMILES string of the molecule is CN=C(NCC1CCCCC1C)N1CCC(N2CCOCC2)C1.I. The van der Waals surface area contributed by atoms with E-state index in [-0.39, 0.29) is 24.0 Å². The third kappa shape index (κ3) is 5.21. The highest BCUT2D eigenvalue weighted by Gasteiger charge is 2.30. The van der Waals surface area contributed by atoms with Gasteiger partial charge in [-0.05, 0) is 24.7 Å². The number of hydrogen-bond acceptors (Lipinski definition) is 3. The molecule has 3 fully saturated rings. The number of halogens is 1. The van der Waals surface area contributed by atoms with Crippen LogP contribution in [-0.2, 0) is 4.74 Å². The zero-order chi connectivity index (χ0) is 16.1. The number of aliphatic imine (C=N–C) groups is 1. The molecule has 0 amide bonds. The van der Waals surface area contributed by atoms with Crippen molar-refractivity contribution >= 4 is 29.9 Å². The van der Waals surface area contributed by atoms with Crippen molar-refractivity contribution in [2.75, 3.05) is 53.0 Å². The first-order chi connectivity index (χ1) is 11.3. The van der Waals surface area contributed by atoms with Gasteiger partial charge in [0.25, 0.3) is 0 Å². The summed E-state index contributed by atoms with van der Waals surface area (Å²) in [5.74, 6) is 2.78. The van der Waals surface area contributed by atoms with Crippen LogP contribution >= 0.6 is 24.0 Å². The smallest absolute Gasteiger partial charge is 0.193 e. The molecule has 5 nitrogen and oxygen atoms in total. The maximum atomic E-state index is 5.48. The van der Waals surface area contributed by atoms with E-state index in [0.29, 0.717) is 6.04 Å². The quantitative estimate of drug-likeness (QED) is 0.408. The first-order valence-electron chi connectivity index (χ1n) is 9.55. The Kier molecular flexibility index (Phi) is 8.57. The standard InChI is InChI=1S/C18H34N4O.HI/c1-15-5-3-4-6-16(15)13-20-18(19-2)22-8-7-17(14-22)21-9-11-23-12-10-21;/h15-17H,3-14H2,1-2H3,(H,19,20);1H. The van der Waals surface area contributed by atoms with Gasteiger partial charge in [0, 0.05) is 45.8 Å². The topological polar surface area (TPSA) is 40.1 Å². The van der Waals surface area contributed by atoms with Crippen LogP contribution in [0.15, 0.2) is 4.99 Å². The Hall–Kier alpha value is -0.0800. The highest BCUT2D eigenvalue weighted by molar-refractivity contribution is 14.0. The lowest BCUT2D eigenvalue weighted by Crippen LogP contribution is -2.47. The Morgan fingerprint density at radius 1 is 1.12 bits per heavy atom. The van der Waals surface area contributed by atoms with E-state index in [9.17, 15) is 0 Å². The van der Waals surface area contributed by atoms with Crippen LogP contribution in [0.4, 0.5) is 0 Å². The molecule has 140 valence electrons. The maximum absolute atomic E-state index is 5.48. The van der Waals surface area contributed by atoms with Gasteiger partial charge in [0.05, 0.1) is 13.2 Å². The van der Waals surface area contributed by atoms with E-state index in [1.807, 2.05) is 7.05 Å². The highest BCUT2D eigenvalue weighted by Crippen LogP contribution is 2.29. The van der Waals surface area contributed by atoms with Crippen LogP contribution in [0.25, 0.3) is 0 Å². The Bertz CT molecular complexity index is 400. The molecule has 1 saturated carbocycles. The Morgan fingerprint density at radius 2 is 1.88 bits per heavy atom. The van der Waals surface area contributed by atoms with Gasteiger partial charge in [-0.15, -0.1) is 24.0 Å². The summed E-state index contributed by atoms with van der Waals surface area (Å²) in [5.41, 5.74) is 0. The second kappa shape index (κ2) is 10.2. The summed E-state index contributed by atoms with van der Waals surface area (Å²) in [6, 6.07) is 0.672. The molecule has 0 aromatic heterocycles. The van der Waals surface area contributed by atoms with E-state index >= 15 is 0 Å². The van der Waals surface area contributed by atoms with Gasteiger partial charge in [0.1, 0.15) is 0 Å². The Morgan fingerprint density at radius 3 is 2.58 bits per heavy atom. The molecule has 3 unspecified atom stereocenters. The van der Waals surface area contributed by atoms with E-state index in [1.165, 1.54) is 32.1 Å². The largest absolute Gasteiger partial charge is 0.379 e. The van der Waals surface area contributed by atoms with Crippen molar-refractivity contribution in [1.82, 2.24) is 15.1 Å². The van der Waals surface area contributed by atoms with Crippen molar-refractivity contribution < 1.29 is 4.74 Å². The molecule has 0 aromatic carbocycles. The van der Waals surface area contributed by atoms with Crippen molar-refractivity contribution in [2.24, 2.45) is 16.8 Å². The van der Waals surface area contributed by atoms with Crippen molar-refractivity contribution in [1.29, 1.82) is 0 Å². The molecule has 0 aromatic rings. The molecule has 3 rings (SSSR count). The van der Waals surface area contributed by atoms with Gasteiger partial charge in [0.15, 0.2) is 5.96 Å². The second-order valence-corrected chi connectivity index (χ2v) is 7.49. The van der Waals surface area contributed by atoms with Crippen LogP contribution in [0.2, 0.25) is 0 Å². The average molecular weight is 450 g/mol. The summed E-state index contributed by atoms with van der Waals surface area (Å²) < 4.78 is 5.48. The second-order valence-electron chi connectivity index (χ2n) is 7.49. The zero-order valence-electron chi connectivity index (χ0n) is 15.4. The van der Waals surface area contributed by atoms with Crippen LogP contribution in [-0.4, -0.2) is 74.8 Å². The van der Waals surface area contributed by atoms with Gasteiger partial charge in [-0.3, -0.25) is 9.89 Å². The minimum Gasteiger partial charge on any atom is -0.379 e. The molecule has 6 heteroatoms. The van der Waals surface area contributed by atoms with Crippen LogP contribution < -0.4 is 5.32 Å². The molecule has 0 bridgehead atoms. The molecule has 0 spiro atoms. The molecule has 1 aliphatic carbocycles. The van der Waals surface area contributed by atoms with Gasteiger partial charge in [-0.2, -0.15) is 0 Å². The Balaban J connectivity index is 0.00000208. The van der Waals surface area contributed by atoms with Crippen molar-refractivity contribution in [3.63, 3.8) is 0 Å². The van der Waals surface area contributed by atoms with Crippen molar-refractivity contribution in [3.8, 4) is 0 Å². The fourth-order valence-corrected chi connectivity index (χ4v) is 4.43. The number of nitrogens with zero attached hydrogens (tertiary/aromatic N) is 3. The zero-order valence-corrected chi connectivity index (χ0v) is 17.7. The molecule has 3 atom stereocenters. The fourth-order valence-electron chi connectivity index (χ4n) is 4.43. The molecular weight excluding hydrogens is 415 g/mol. The third-order valence-electron chi connectivity index (χ3n) is 6.05. The molecule has 1 N–H and O–H groups in total. The predicted molar refractivity (Wildman–Crippen MR) is 110 cm³/mol. The Labute approximate surface area is 164 Å². The number of ether oxygens (including phenoxy) is 1. The molecule has 2 heterocycles. The van der Waals surface area contributed by atoms with Crippen LogP contribution in [0.3, 0.4) is 0 Å². The lowest BCUT2D eigenvalue weighted by molar-refractivity contribution is 0.0194. The number of rotatable bonds is 3. The van der Waals surface area contributed by atoms with E-state index in [0.717, 1.165) is 63.7 Å². The van der Waals surface area contributed by atoms with Gasteiger partial charge in [0.2, 0.25) is 0 Å². The third-order valence-corrected chi connectivity index (χ3v) is 6.05. The van der Waals surface area contributed by atoms with Gasteiger partial charge in [-0.1, -0.05) is 26.2 Å². The van der Waals surface area contributed by atoms with E-state index in [2.05, 4.69) is 27.0 Å². The molecule has 3 aliphatic rings. The summed E-state index contributed by atoms with van der Waals surface area (Å²) in [5, 5.41) is 3.67. The van der Waals surface area contributed by atoms with Crippen LogP contribution in [0.1, 0.15) is 39.0 Å². The number of morpholine rings is 1. The van der Waals surface area contributed by atoms with Gasteiger partial charge in [-0.25, -0.2) is 0 Å². The lowest BCUT2D eigenvalue weighted by Gasteiger charge is -2.33. The van der Waals surface area contributed by atoms with E-state index < -0.39 is 0 Å². The van der Waals surface area contributed by atoms with Crippen LogP contribution in [0, 0.1) is 11.8 Å². The van der Waals surface area contributed by atoms with Gasteiger partial charge >= 0.3 is 0 Å². The van der Waals surface area contributed by atoms with E-state index in [4.69, 9.17) is 4.74 Å². The first kappa shape index (κ1) is 20.2. The summed E-state index contributed by atoms with van der Waals surface area (Å²) in [4.78, 5) is 9.60. The number of nitrogens with one attached hydrogen (secondary N) is 1. The minimum atomic E-state index is 0. The summed E-state index contributed by atoms with van der Waals surface area (Å²) in [6.07, 6.45) is 6.84. The van der Waals surface area contributed by atoms with Gasteiger partial charge < -0.3 is 15.0 Å². The number of guanidine groups is 1. The molecule has 2 saturated heterocycles. The monoisotopic (exact) mass is 450 g/mol. The van der Waals surface area contributed by atoms with Crippen molar-refractivity contribution in [2.45, 2.75) is 45.1 Å². The molecular formula is C18H35IN4O. The summed E-state index contributed by atoms with van der Waals surface area (Å²) in [7, 11) is 1.93. The highest BCUT2D eigenvalue weighted by atomic mass is 127. The normalized spacial score (nSPS) is 32.5. The summed E-state index contributed by atoms with van der Waals surface area (Å²) in [6.45, 7) is 9.70. The molecule has 0 radical (unpaired) electrons.